The van der Waals surface area contributed by atoms with E-state index in [9.17, 15) is 0 Å². The number of aromatic nitrogens is 2. The monoisotopic (exact) mass is 242 g/mol. The summed E-state index contributed by atoms with van der Waals surface area (Å²) in [6, 6.07) is 1.87. The van der Waals surface area contributed by atoms with Crippen LogP contribution in [0.1, 0.15) is 32.9 Å². The lowest BCUT2D eigenvalue weighted by Crippen LogP contribution is -2.12. The number of halogens is 1. The first kappa shape index (κ1) is 13.2. The first-order valence-corrected chi connectivity index (χ1v) is 6.15. The topological polar surface area (TPSA) is 35.0 Å². The van der Waals surface area contributed by atoms with E-state index in [1.807, 2.05) is 6.07 Å². The quantitative estimate of drug-likeness (QED) is 0.719. The minimum absolute atomic E-state index is 0.105. The molecule has 1 atom stereocenters. The normalized spacial score (nSPS) is 12.8. The highest BCUT2D eigenvalue weighted by Gasteiger charge is 2.11. The maximum Gasteiger partial charge on any atom is 0.216 e. The van der Waals surface area contributed by atoms with E-state index in [1.165, 1.54) is 6.33 Å². The highest BCUT2D eigenvalue weighted by molar-refractivity contribution is 6.20. The van der Waals surface area contributed by atoms with Crippen molar-refractivity contribution in [3.05, 3.63) is 18.1 Å². The van der Waals surface area contributed by atoms with Gasteiger partial charge in [0.25, 0.3) is 0 Å². The van der Waals surface area contributed by atoms with Crippen molar-refractivity contribution in [3.8, 4) is 5.88 Å². The van der Waals surface area contributed by atoms with E-state index < -0.39 is 0 Å². The van der Waals surface area contributed by atoms with Crippen LogP contribution in [0, 0.1) is 5.92 Å². The number of ether oxygens (including phenoxy) is 1. The predicted octanol–water partition coefficient (Wildman–Crippen LogP) is 3.07. The molecule has 90 valence electrons. The van der Waals surface area contributed by atoms with Gasteiger partial charge in [-0.25, -0.2) is 9.97 Å². The van der Waals surface area contributed by atoms with Crippen molar-refractivity contribution in [2.75, 3.05) is 6.61 Å². The second-order valence-corrected chi connectivity index (χ2v) is 4.72. The van der Waals surface area contributed by atoms with Gasteiger partial charge in [0.2, 0.25) is 5.88 Å². The summed E-state index contributed by atoms with van der Waals surface area (Å²) in [7, 11) is 0. The minimum Gasteiger partial charge on any atom is -0.478 e. The van der Waals surface area contributed by atoms with Crippen molar-refractivity contribution in [2.24, 2.45) is 5.92 Å². The van der Waals surface area contributed by atoms with Gasteiger partial charge in [0, 0.05) is 23.6 Å². The zero-order chi connectivity index (χ0) is 12.0. The van der Waals surface area contributed by atoms with E-state index in [1.54, 1.807) is 0 Å². The Hall–Kier alpha value is -0.830. The molecule has 0 aliphatic rings. The number of rotatable bonds is 6. The third-order valence-corrected chi connectivity index (χ3v) is 2.94. The van der Waals surface area contributed by atoms with Crippen LogP contribution < -0.4 is 4.74 Å². The average Bonchev–Trinajstić information content (AvgIpc) is 2.26. The van der Waals surface area contributed by atoms with Crippen LogP contribution in [0.15, 0.2) is 12.4 Å². The van der Waals surface area contributed by atoms with Gasteiger partial charge in [0.05, 0.1) is 6.61 Å². The van der Waals surface area contributed by atoms with E-state index in [0.29, 0.717) is 18.4 Å². The molecule has 1 aromatic rings. The molecule has 0 aromatic carbocycles. The molecule has 1 heterocycles. The molecule has 0 bridgehead atoms. The summed E-state index contributed by atoms with van der Waals surface area (Å²) in [5, 5.41) is 0.105. The zero-order valence-corrected chi connectivity index (χ0v) is 10.9. The fourth-order valence-electron chi connectivity index (χ4n) is 1.21. The lowest BCUT2D eigenvalue weighted by atomic mass is 10.1. The van der Waals surface area contributed by atoms with Crippen molar-refractivity contribution in [2.45, 2.75) is 39.0 Å². The Bertz CT molecular complexity index is 318. The molecule has 1 aromatic heterocycles. The van der Waals surface area contributed by atoms with E-state index in [0.717, 1.165) is 18.5 Å². The molecule has 0 amide bonds. The van der Waals surface area contributed by atoms with Crippen molar-refractivity contribution in [3.63, 3.8) is 0 Å². The van der Waals surface area contributed by atoms with E-state index in [-0.39, 0.29) is 5.38 Å². The summed E-state index contributed by atoms with van der Waals surface area (Å²) in [5.74, 6) is 1.08. The Labute approximate surface area is 102 Å². The van der Waals surface area contributed by atoms with Crippen LogP contribution in [0.5, 0.6) is 5.88 Å². The van der Waals surface area contributed by atoms with E-state index >= 15 is 0 Å². The van der Waals surface area contributed by atoms with E-state index in [2.05, 4.69) is 30.7 Å². The molecular weight excluding hydrogens is 224 g/mol. The molecule has 0 spiro atoms. The van der Waals surface area contributed by atoms with Crippen LogP contribution in [0.4, 0.5) is 0 Å². The summed E-state index contributed by atoms with van der Waals surface area (Å²) in [4.78, 5) is 8.25. The summed E-state index contributed by atoms with van der Waals surface area (Å²) in [6.45, 7) is 6.96. The molecule has 0 saturated carbocycles. The van der Waals surface area contributed by atoms with Gasteiger partial charge in [-0.05, 0) is 12.3 Å². The largest absolute Gasteiger partial charge is 0.478 e. The van der Waals surface area contributed by atoms with Gasteiger partial charge in [0.15, 0.2) is 0 Å². The average molecular weight is 243 g/mol. The predicted molar refractivity (Wildman–Crippen MR) is 66.0 cm³/mol. The SMILES string of the molecule is CCCOc1cc(CC(Cl)C(C)C)ncn1. The van der Waals surface area contributed by atoms with Gasteiger partial charge >= 0.3 is 0 Å². The van der Waals surface area contributed by atoms with Gasteiger partial charge in [0.1, 0.15) is 6.33 Å². The van der Waals surface area contributed by atoms with Gasteiger partial charge in [-0.2, -0.15) is 0 Å². The third kappa shape index (κ3) is 4.35. The molecule has 0 N–H and O–H groups in total. The molecule has 0 aliphatic carbocycles. The van der Waals surface area contributed by atoms with Gasteiger partial charge in [-0.15, -0.1) is 11.6 Å². The molecule has 0 radical (unpaired) electrons. The zero-order valence-electron chi connectivity index (χ0n) is 10.1. The number of nitrogens with zero attached hydrogens (tertiary/aromatic N) is 2. The molecule has 0 saturated heterocycles. The first-order valence-electron chi connectivity index (χ1n) is 5.71. The molecule has 1 unspecified atom stereocenters. The van der Waals surface area contributed by atoms with Crippen LogP contribution in [-0.2, 0) is 6.42 Å². The Morgan fingerprint density at radius 3 is 2.75 bits per heavy atom. The van der Waals surface area contributed by atoms with Crippen molar-refractivity contribution < 1.29 is 4.74 Å². The Kier molecular flexibility index (Phi) is 5.53. The molecular formula is C12H19ClN2O. The lowest BCUT2D eigenvalue weighted by molar-refractivity contribution is 0.304. The Balaban J connectivity index is 2.59. The molecule has 4 heteroatoms. The number of hydrogen-bond donors (Lipinski definition) is 0. The van der Waals surface area contributed by atoms with Gasteiger partial charge in [-0.1, -0.05) is 20.8 Å². The van der Waals surface area contributed by atoms with Crippen molar-refractivity contribution in [1.29, 1.82) is 0 Å². The highest BCUT2D eigenvalue weighted by atomic mass is 35.5. The van der Waals surface area contributed by atoms with Crippen LogP contribution in [-0.4, -0.2) is 22.0 Å². The smallest absolute Gasteiger partial charge is 0.216 e. The summed E-state index contributed by atoms with van der Waals surface area (Å²) < 4.78 is 5.44. The number of alkyl halides is 1. The first-order chi connectivity index (χ1) is 7.63. The van der Waals surface area contributed by atoms with Crippen LogP contribution in [0.25, 0.3) is 0 Å². The van der Waals surface area contributed by atoms with Crippen LogP contribution in [0.3, 0.4) is 0 Å². The number of hydrogen-bond acceptors (Lipinski definition) is 3. The third-order valence-electron chi connectivity index (χ3n) is 2.28. The summed E-state index contributed by atoms with van der Waals surface area (Å²) in [6.07, 6.45) is 3.26. The van der Waals surface area contributed by atoms with Gasteiger partial charge in [-0.3, -0.25) is 0 Å². The molecule has 0 fully saturated rings. The summed E-state index contributed by atoms with van der Waals surface area (Å²) >= 11 is 6.21. The summed E-state index contributed by atoms with van der Waals surface area (Å²) in [5.41, 5.74) is 0.940. The van der Waals surface area contributed by atoms with Crippen molar-refractivity contribution >= 4 is 11.6 Å². The molecule has 0 aliphatic heterocycles. The lowest BCUT2D eigenvalue weighted by Gasteiger charge is -2.12. The Morgan fingerprint density at radius 2 is 2.12 bits per heavy atom. The minimum atomic E-state index is 0.105. The second-order valence-electron chi connectivity index (χ2n) is 4.16. The standard InChI is InChI=1S/C12H19ClN2O/c1-4-5-16-12-7-10(14-8-15-12)6-11(13)9(2)3/h7-9,11H,4-6H2,1-3H3. The second kappa shape index (κ2) is 6.69. The van der Waals surface area contributed by atoms with Crippen LogP contribution >= 0.6 is 11.6 Å². The van der Waals surface area contributed by atoms with Crippen LogP contribution in [0.2, 0.25) is 0 Å². The van der Waals surface area contributed by atoms with E-state index in [4.69, 9.17) is 16.3 Å². The molecule has 16 heavy (non-hydrogen) atoms. The molecule has 1 rings (SSSR count). The van der Waals surface area contributed by atoms with Gasteiger partial charge < -0.3 is 4.74 Å². The highest BCUT2D eigenvalue weighted by Crippen LogP contribution is 2.16. The maximum absolute atomic E-state index is 6.21. The van der Waals surface area contributed by atoms with Crippen molar-refractivity contribution in [1.82, 2.24) is 9.97 Å². The maximum atomic E-state index is 6.21. The Morgan fingerprint density at radius 1 is 1.38 bits per heavy atom. The molecule has 3 nitrogen and oxygen atoms in total. The fourth-order valence-corrected chi connectivity index (χ4v) is 1.37. The fraction of sp³-hybridized carbons (Fsp3) is 0.667.